The van der Waals surface area contributed by atoms with E-state index in [1.165, 1.54) is 0 Å². The molecule has 0 bridgehead atoms. The van der Waals surface area contributed by atoms with Crippen LogP contribution in [0.3, 0.4) is 0 Å². The second-order valence-electron chi connectivity index (χ2n) is 3.61. The molecule has 3 rings (SSSR count). The third kappa shape index (κ3) is 1.94. The average Bonchev–Trinajstić information content (AvgIpc) is 2.76. The molecule has 0 unspecified atom stereocenters. The zero-order valence-electron chi connectivity index (χ0n) is 8.81. The minimum atomic E-state index is 0.474. The Hall–Kier alpha value is -2.07. The van der Waals surface area contributed by atoms with Crippen LogP contribution in [0.1, 0.15) is 0 Å². The standard InChI is InChI=1S/C12H9ClN4/c13-11-6-5-8(7-14-11)15-12-9-3-1-2-4-10(9)16-17-12/h1-7H,(H2,15,16,17). The molecular formula is C12H9ClN4. The number of pyridine rings is 1. The predicted octanol–water partition coefficient (Wildman–Crippen LogP) is 3.35. The van der Waals surface area contributed by atoms with Crippen molar-refractivity contribution in [1.82, 2.24) is 15.2 Å². The molecule has 0 fully saturated rings. The van der Waals surface area contributed by atoms with Gasteiger partial charge >= 0.3 is 0 Å². The highest BCUT2D eigenvalue weighted by molar-refractivity contribution is 6.29. The maximum absolute atomic E-state index is 5.73. The van der Waals surface area contributed by atoms with Crippen LogP contribution >= 0.6 is 11.6 Å². The van der Waals surface area contributed by atoms with Crippen molar-refractivity contribution in [3.05, 3.63) is 47.7 Å². The van der Waals surface area contributed by atoms with Crippen molar-refractivity contribution >= 4 is 34.0 Å². The number of para-hydroxylation sites is 1. The van der Waals surface area contributed by atoms with Crippen LogP contribution in [0.5, 0.6) is 0 Å². The molecule has 2 heterocycles. The van der Waals surface area contributed by atoms with Crippen LogP contribution in [0.2, 0.25) is 5.15 Å². The summed E-state index contributed by atoms with van der Waals surface area (Å²) >= 11 is 5.73. The van der Waals surface area contributed by atoms with E-state index in [-0.39, 0.29) is 0 Å². The zero-order chi connectivity index (χ0) is 11.7. The Morgan fingerprint density at radius 1 is 1.12 bits per heavy atom. The maximum atomic E-state index is 5.73. The Bertz CT molecular complexity index is 645. The molecule has 0 saturated heterocycles. The van der Waals surface area contributed by atoms with Gasteiger partial charge < -0.3 is 5.32 Å². The van der Waals surface area contributed by atoms with E-state index in [1.807, 2.05) is 30.3 Å². The highest BCUT2D eigenvalue weighted by Gasteiger charge is 2.04. The van der Waals surface area contributed by atoms with Crippen LogP contribution in [-0.4, -0.2) is 15.2 Å². The molecule has 0 amide bonds. The van der Waals surface area contributed by atoms with E-state index in [2.05, 4.69) is 20.5 Å². The third-order valence-corrected chi connectivity index (χ3v) is 2.68. The summed E-state index contributed by atoms with van der Waals surface area (Å²) in [7, 11) is 0. The Kier molecular flexibility index (Phi) is 2.42. The normalized spacial score (nSPS) is 10.6. The van der Waals surface area contributed by atoms with E-state index in [0.717, 1.165) is 22.4 Å². The molecule has 17 heavy (non-hydrogen) atoms. The highest BCUT2D eigenvalue weighted by atomic mass is 35.5. The van der Waals surface area contributed by atoms with E-state index in [4.69, 9.17) is 11.6 Å². The Labute approximate surface area is 103 Å². The molecule has 2 aromatic heterocycles. The molecule has 0 aliphatic rings. The van der Waals surface area contributed by atoms with E-state index >= 15 is 0 Å². The molecule has 0 radical (unpaired) electrons. The fourth-order valence-electron chi connectivity index (χ4n) is 1.65. The molecule has 84 valence electrons. The number of aromatic amines is 1. The molecule has 0 atom stereocenters. The van der Waals surface area contributed by atoms with Gasteiger partial charge in [-0.2, -0.15) is 5.10 Å². The van der Waals surface area contributed by atoms with Gasteiger partial charge in [0.15, 0.2) is 5.82 Å². The highest BCUT2D eigenvalue weighted by Crippen LogP contribution is 2.23. The summed E-state index contributed by atoms with van der Waals surface area (Å²) in [6.45, 7) is 0. The fourth-order valence-corrected chi connectivity index (χ4v) is 1.76. The number of nitrogens with one attached hydrogen (secondary N) is 2. The molecule has 2 N–H and O–H groups in total. The molecule has 0 spiro atoms. The second kappa shape index (κ2) is 4.07. The maximum Gasteiger partial charge on any atom is 0.160 e. The van der Waals surface area contributed by atoms with Crippen LogP contribution in [0, 0.1) is 0 Å². The van der Waals surface area contributed by atoms with Crippen molar-refractivity contribution in [1.29, 1.82) is 0 Å². The van der Waals surface area contributed by atoms with Crippen LogP contribution in [0.4, 0.5) is 11.5 Å². The average molecular weight is 245 g/mol. The molecule has 1 aromatic carbocycles. The molecule has 4 nitrogen and oxygen atoms in total. The Morgan fingerprint density at radius 3 is 2.82 bits per heavy atom. The lowest BCUT2D eigenvalue weighted by molar-refractivity contribution is 1.12. The summed E-state index contributed by atoms with van der Waals surface area (Å²) in [5, 5.41) is 11.9. The number of H-pyrrole nitrogens is 1. The molecule has 0 aliphatic carbocycles. The summed E-state index contributed by atoms with van der Waals surface area (Å²) < 4.78 is 0. The van der Waals surface area contributed by atoms with Gasteiger partial charge in [0.1, 0.15) is 5.15 Å². The van der Waals surface area contributed by atoms with Crippen molar-refractivity contribution in [2.45, 2.75) is 0 Å². The van der Waals surface area contributed by atoms with Crippen molar-refractivity contribution in [3.63, 3.8) is 0 Å². The lowest BCUT2D eigenvalue weighted by Gasteiger charge is -2.02. The first-order valence-electron chi connectivity index (χ1n) is 5.14. The van der Waals surface area contributed by atoms with Crippen molar-refractivity contribution in [3.8, 4) is 0 Å². The number of fused-ring (bicyclic) bond motifs is 1. The minimum Gasteiger partial charge on any atom is -0.337 e. The van der Waals surface area contributed by atoms with Gasteiger partial charge in [-0.25, -0.2) is 4.98 Å². The van der Waals surface area contributed by atoms with Crippen molar-refractivity contribution in [2.75, 3.05) is 5.32 Å². The topological polar surface area (TPSA) is 53.6 Å². The van der Waals surface area contributed by atoms with E-state index in [1.54, 1.807) is 12.3 Å². The summed E-state index contributed by atoms with van der Waals surface area (Å²) in [4.78, 5) is 4.00. The smallest absolute Gasteiger partial charge is 0.160 e. The van der Waals surface area contributed by atoms with Crippen LogP contribution in [0.25, 0.3) is 10.9 Å². The molecule has 5 heteroatoms. The first-order valence-corrected chi connectivity index (χ1v) is 5.52. The number of anilines is 2. The van der Waals surface area contributed by atoms with Gasteiger partial charge in [-0.05, 0) is 24.3 Å². The van der Waals surface area contributed by atoms with Gasteiger partial charge in [0.05, 0.1) is 17.4 Å². The largest absolute Gasteiger partial charge is 0.337 e. The molecule has 3 aromatic rings. The Balaban J connectivity index is 1.97. The van der Waals surface area contributed by atoms with Gasteiger partial charge in [0.25, 0.3) is 0 Å². The third-order valence-electron chi connectivity index (χ3n) is 2.46. The van der Waals surface area contributed by atoms with Gasteiger partial charge in [0, 0.05) is 5.39 Å². The Morgan fingerprint density at radius 2 is 2.00 bits per heavy atom. The quantitative estimate of drug-likeness (QED) is 0.680. The van der Waals surface area contributed by atoms with Crippen molar-refractivity contribution in [2.24, 2.45) is 0 Å². The number of aromatic nitrogens is 3. The summed E-state index contributed by atoms with van der Waals surface area (Å²) in [6.07, 6.45) is 1.67. The fraction of sp³-hybridized carbons (Fsp3) is 0. The van der Waals surface area contributed by atoms with Crippen LogP contribution in [0.15, 0.2) is 42.6 Å². The molecule has 0 saturated carbocycles. The van der Waals surface area contributed by atoms with E-state index in [9.17, 15) is 0 Å². The number of nitrogens with zero attached hydrogens (tertiary/aromatic N) is 2. The lowest BCUT2D eigenvalue weighted by atomic mass is 10.2. The second-order valence-corrected chi connectivity index (χ2v) is 4.00. The number of hydrogen-bond donors (Lipinski definition) is 2. The zero-order valence-corrected chi connectivity index (χ0v) is 9.57. The number of benzene rings is 1. The summed E-state index contributed by atoms with van der Waals surface area (Å²) in [5.74, 6) is 0.782. The summed E-state index contributed by atoms with van der Waals surface area (Å²) in [6, 6.07) is 11.5. The van der Waals surface area contributed by atoms with Gasteiger partial charge in [-0.1, -0.05) is 23.7 Å². The molecule has 0 aliphatic heterocycles. The summed E-state index contributed by atoms with van der Waals surface area (Å²) in [5.41, 5.74) is 1.85. The molecular weight excluding hydrogens is 236 g/mol. The van der Waals surface area contributed by atoms with E-state index < -0.39 is 0 Å². The monoisotopic (exact) mass is 244 g/mol. The predicted molar refractivity (Wildman–Crippen MR) is 68.6 cm³/mol. The SMILES string of the molecule is Clc1ccc(Nc2n[nH]c3ccccc23)cn1. The van der Waals surface area contributed by atoms with Gasteiger partial charge in [-0.15, -0.1) is 0 Å². The van der Waals surface area contributed by atoms with Gasteiger partial charge in [-0.3, -0.25) is 5.10 Å². The van der Waals surface area contributed by atoms with E-state index in [0.29, 0.717) is 5.15 Å². The first kappa shape index (κ1) is 10.1. The van der Waals surface area contributed by atoms with Crippen LogP contribution in [-0.2, 0) is 0 Å². The number of rotatable bonds is 2. The van der Waals surface area contributed by atoms with Gasteiger partial charge in [0.2, 0.25) is 0 Å². The van der Waals surface area contributed by atoms with Crippen molar-refractivity contribution < 1.29 is 0 Å². The minimum absolute atomic E-state index is 0.474. The first-order chi connectivity index (χ1) is 8.33. The number of hydrogen-bond acceptors (Lipinski definition) is 3. The lowest BCUT2D eigenvalue weighted by Crippen LogP contribution is -1.91. The number of halogens is 1. The van der Waals surface area contributed by atoms with Crippen LogP contribution < -0.4 is 5.32 Å².